The van der Waals surface area contributed by atoms with Crippen LogP contribution in [0.4, 0.5) is 4.39 Å². The summed E-state index contributed by atoms with van der Waals surface area (Å²) in [5, 5.41) is 9.24. The van der Waals surface area contributed by atoms with Gasteiger partial charge in [-0.15, -0.1) is 0 Å². The number of halogens is 1. The van der Waals surface area contributed by atoms with E-state index in [0.29, 0.717) is 18.5 Å². The van der Waals surface area contributed by atoms with E-state index in [0.717, 1.165) is 0 Å². The van der Waals surface area contributed by atoms with Crippen LogP contribution in [-0.2, 0) is 15.0 Å². The van der Waals surface area contributed by atoms with Crippen molar-refractivity contribution in [3.63, 3.8) is 0 Å². The van der Waals surface area contributed by atoms with Crippen molar-refractivity contribution in [2.45, 2.75) is 32.6 Å². The first-order chi connectivity index (χ1) is 9.68. The van der Waals surface area contributed by atoms with Gasteiger partial charge in [-0.05, 0) is 33.3 Å². The van der Waals surface area contributed by atoms with Gasteiger partial charge in [0.1, 0.15) is 5.82 Å². The average molecular weight is 293 g/mol. The lowest BCUT2D eigenvalue weighted by molar-refractivity contribution is -0.147. The molecular formula is C16H20FNO3. The lowest BCUT2D eigenvalue weighted by Gasteiger charge is -2.30. The smallest absolute Gasteiger partial charge is 0.311 e. The maximum absolute atomic E-state index is 13.9. The van der Waals surface area contributed by atoms with Crippen molar-refractivity contribution in [1.29, 1.82) is 0 Å². The van der Waals surface area contributed by atoms with Crippen LogP contribution >= 0.6 is 0 Å². The number of nitrogens with zero attached hydrogens (tertiary/aromatic N) is 1. The van der Waals surface area contributed by atoms with Gasteiger partial charge in [0.25, 0.3) is 0 Å². The summed E-state index contributed by atoms with van der Waals surface area (Å²) in [5.74, 6) is -1.56. The van der Waals surface area contributed by atoms with E-state index in [2.05, 4.69) is 0 Å². The van der Waals surface area contributed by atoms with Crippen molar-refractivity contribution in [2.24, 2.45) is 5.41 Å². The number of carboxylic acids is 1. The Morgan fingerprint density at radius 1 is 1.33 bits per heavy atom. The summed E-state index contributed by atoms with van der Waals surface area (Å²) in [6.45, 7) is 5.53. The molecule has 1 atom stereocenters. The van der Waals surface area contributed by atoms with Gasteiger partial charge >= 0.3 is 5.97 Å². The lowest BCUT2D eigenvalue weighted by atomic mass is 9.82. The van der Waals surface area contributed by atoms with Crippen LogP contribution in [0.25, 0.3) is 0 Å². The summed E-state index contributed by atoms with van der Waals surface area (Å²) in [6, 6.07) is 6.20. The number of hydrogen-bond acceptors (Lipinski definition) is 2. The third-order valence-corrected chi connectivity index (χ3v) is 4.36. The molecule has 0 saturated carbocycles. The number of carbonyl (C=O) groups is 2. The van der Waals surface area contributed by atoms with Crippen molar-refractivity contribution >= 4 is 11.9 Å². The van der Waals surface area contributed by atoms with Gasteiger partial charge < -0.3 is 10.0 Å². The highest BCUT2D eigenvalue weighted by Gasteiger charge is 2.45. The van der Waals surface area contributed by atoms with E-state index in [9.17, 15) is 19.1 Å². The van der Waals surface area contributed by atoms with Crippen LogP contribution in [0.1, 0.15) is 32.8 Å². The van der Waals surface area contributed by atoms with Crippen LogP contribution in [-0.4, -0.2) is 35.0 Å². The summed E-state index contributed by atoms with van der Waals surface area (Å²) in [4.78, 5) is 25.5. The first-order valence-electron chi connectivity index (χ1n) is 6.96. The molecule has 2 rings (SSSR count). The summed E-state index contributed by atoms with van der Waals surface area (Å²) >= 11 is 0. The highest BCUT2D eigenvalue weighted by atomic mass is 19.1. The Labute approximate surface area is 123 Å². The molecule has 0 radical (unpaired) electrons. The van der Waals surface area contributed by atoms with Gasteiger partial charge in [0.15, 0.2) is 0 Å². The van der Waals surface area contributed by atoms with Crippen LogP contribution in [0, 0.1) is 11.2 Å². The predicted molar refractivity (Wildman–Crippen MR) is 76.4 cm³/mol. The molecule has 1 fully saturated rings. The van der Waals surface area contributed by atoms with Gasteiger partial charge in [-0.1, -0.05) is 18.2 Å². The first-order valence-corrected chi connectivity index (χ1v) is 6.96. The third-order valence-electron chi connectivity index (χ3n) is 4.36. The van der Waals surface area contributed by atoms with Gasteiger partial charge in [0.05, 0.1) is 10.8 Å². The van der Waals surface area contributed by atoms with E-state index in [-0.39, 0.29) is 12.5 Å². The summed E-state index contributed by atoms with van der Waals surface area (Å²) in [5.41, 5.74) is -1.60. The van der Waals surface area contributed by atoms with E-state index < -0.39 is 22.6 Å². The number of rotatable bonds is 3. The molecule has 1 heterocycles. The number of aliphatic carboxylic acids is 1. The molecule has 5 heteroatoms. The minimum Gasteiger partial charge on any atom is -0.481 e. The predicted octanol–water partition coefficient (Wildman–Crippen LogP) is 2.43. The van der Waals surface area contributed by atoms with E-state index >= 15 is 0 Å². The normalized spacial score (nSPS) is 22.4. The van der Waals surface area contributed by atoms with Crippen molar-refractivity contribution in [1.82, 2.24) is 4.90 Å². The Balaban J connectivity index is 2.25. The molecule has 114 valence electrons. The third kappa shape index (κ3) is 2.64. The van der Waals surface area contributed by atoms with Crippen LogP contribution in [0.15, 0.2) is 24.3 Å². The molecule has 1 aromatic rings. The molecular weight excluding hydrogens is 273 g/mol. The Hall–Kier alpha value is -1.91. The second-order valence-electron chi connectivity index (χ2n) is 6.45. The Bertz CT molecular complexity index is 585. The molecule has 1 amide bonds. The van der Waals surface area contributed by atoms with E-state index in [1.165, 1.54) is 11.0 Å². The number of carboxylic acid groups (broad SMARTS) is 1. The summed E-state index contributed by atoms with van der Waals surface area (Å²) in [6.07, 6.45) is 0.418. The number of hydrogen-bond donors (Lipinski definition) is 1. The van der Waals surface area contributed by atoms with E-state index in [4.69, 9.17) is 0 Å². The van der Waals surface area contributed by atoms with Gasteiger partial charge in [-0.3, -0.25) is 9.59 Å². The largest absolute Gasteiger partial charge is 0.481 e. The Kier molecular flexibility index (Phi) is 3.78. The number of benzene rings is 1. The summed E-state index contributed by atoms with van der Waals surface area (Å²) in [7, 11) is 0. The van der Waals surface area contributed by atoms with Crippen molar-refractivity contribution in [3.8, 4) is 0 Å². The number of carbonyl (C=O) groups excluding carboxylic acids is 1. The van der Waals surface area contributed by atoms with Crippen LogP contribution in [0.2, 0.25) is 0 Å². The Morgan fingerprint density at radius 3 is 2.48 bits per heavy atom. The van der Waals surface area contributed by atoms with Gasteiger partial charge in [0, 0.05) is 18.7 Å². The fourth-order valence-electron chi connectivity index (χ4n) is 2.79. The minimum atomic E-state index is -1.02. The molecule has 0 bridgehead atoms. The lowest BCUT2D eigenvalue weighted by Crippen LogP contribution is -2.44. The standard InChI is InChI=1S/C16H20FNO3/c1-15(2,11-6-4-5-7-12(11)17)13(19)18-9-8-16(3,10-18)14(20)21/h4-7H,8-10H2,1-3H3,(H,20,21)/t16-/m1/s1. The zero-order valence-electron chi connectivity index (χ0n) is 12.5. The molecule has 0 aromatic heterocycles. The molecule has 0 unspecified atom stereocenters. The molecule has 0 aliphatic carbocycles. The second kappa shape index (κ2) is 5.13. The molecule has 1 saturated heterocycles. The zero-order chi connectivity index (χ0) is 15.8. The molecule has 4 nitrogen and oxygen atoms in total. The molecule has 1 aliphatic rings. The highest BCUT2D eigenvalue weighted by Crippen LogP contribution is 2.35. The molecule has 1 N–H and O–H groups in total. The second-order valence-corrected chi connectivity index (χ2v) is 6.45. The first kappa shape index (κ1) is 15.5. The maximum Gasteiger partial charge on any atom is 0.311 e. The highest BCUT2D eigenvalue weighted by molar-refractivity contribution is 5.88. The SMILES string of the molecule is CC(C)(C(=O)N1CC[C@@](C)(C(=O)O)C1)c1ccccc1F. The maximum atomic E-state index is 13.9. The van der Waals surface area contributed by atoms with Crippen molar-refractivity contribution in [2.75, 3.05) is 13.1 Å². The monoisotopic (exact) mass is 293 g/mol. The molecule has 1 aliphatic heterocycles. The van der Waals surface area contributed by atoms with Crippen LogP contribution < -0.4 is 0 Å². The minimum absolute atomic E-state index is 0.166. The Morgan fingerprint density at radius 2 is 1.95 bits per heavy atom. The molecule has 0 spiro atoms. The van der Waals surface area contributed by atoms with Gasteiger partial charge in [-0.25, -0.2) is 4.39 Å². The van der Waals surface area contributed by atoms with Crippen LogP contribution in [0.3, 0.4) is 0 Å². The van der Waals surface area contributed by atoms with Gasteiger partial charge in [-0.2, -0.15) is 0 Å². The van der Waals surface area contributed by atoms with Crippen molar-refractivity contribution < 1.29 is 19.1 Å². The fraction of sp³-hybridized carbons (Fsp3) is 0.500. The van der Waals surface area contributed by atoms with Gasteiger partial charge in [0.2, 0.25) is 5.91 Å². The molecule has 21 heavy (non-hydrogen) atoms. The van der Waals surface area contributed by atoms with E-state index in [1.54, 1.807) is 39.0 Å². The number of amides is 1. The number of likely N-dealkylation sites (tertiary alicyclic amines) is 1. The topological polar surface area (TPSA) is 57.6 Å². The average Bonchev–Trinajstić information content (AvgIpc) is 2.82. The quantitative estimate of drug-likeness (QED) is 0.931. The van der Waals surface area contributed by atoms with Crippen molar-refractivity contribution in [3.05, 3.63) is 35.6 Å². The summed E-state index contributed by atoms with van der Waals surface area (Å²) < 4.78 is 13.9. The zero-order valence-corrected chi connectivity index (χ0v) is 12.5. The van der Waals surface area contributed by atoms with Crippen LogP contribution in [0.5, 0.6) is 0 Å². The fourth-order valence-corrected chi connectivity index (χ4v) is 2.79. The molecule has 1 aromatic carbocycles. The van der Waals surface area contributed by atoms with E-state index in [1.807, 2.05) is 0 Å².